The summed E-state index contributed by atoms with van der Waals surface area (Å²) in [4.78, 5) is 58.8. The Morgan fingerprint density at radius 2 is 0.467 bits per heavy atom. The van der Waals surface area contributed by atoms with Gasteiger partial charge in [-0.05, 0) is 161 Å². The molecule has 606 valence electrons. The quantitative estimate of drug-likeness (QED) is 0.0146. The predicted octanol–water partition coefficient (Wildman–Crippen LogP) is 24.3. The van der Waals surface area contributed by atoms with Crippen molar-refractivity contribution in [3.63, 3.8) is 0 Å². The van der Waals surface area contributed by atoms with Gasteiger partial charge in [0.25, 0.3) is 0 Å². The molecule has 4 N–H and O–H groups in total. The second-order valence-electron chi connectivity index (χ2n) is 26.4. The third-order valence-corrected chi connectivity index (χ3v) is 18.2. The molecular weight excluding hydrogens is 1390 g/mol. The molecule has 16 nitrogen and oxygen atoms in total. The molecule has 0 spiro atoms. The molecular formula is C89H144O16P2. The number of aliphatic hydroxyl groups is 2. The first-order chi connectivity index (χ1) is 52.2. The fraction of sp³-hybridized carbons (Fsp3) is 0.607. The Balaban J connectivity index is 4.70. The molecule has 5 atom stereocenters. The zero-order valence-corrected chi connectivity index (χ0v) is 68.0. The fourth-order valence-corrected chi connectivity index (χ4v) is 11.8. The van der Waals surface area contributed by atoms with Crippen LogP contribution in [0.1, 0.15) is 290 Å². The maximum absolute atomic E-state index is 13.0. The van der Waals surface area contributed by atoms with Gasteiger partial charge in [0.1, 0.15) is 25.4 Å². The van der Waals surface area contributed by atoms with E-state index in [1.54, 1.807) is 0 Å². The van der Waals surface area contributed by atoms with E-state index in [1.165, 1.54) is 44.9 Å². The molecule has 0 saturated heterocycles. The van der Waals surface area contributed by atoms with Gasteiger partial charge in [-0.2, -0.15) is 0 Å². The number of aliphatic hydroxyl groups excluding tert-OH is 2. The number of ether oxygens (including phenoxy) is 3. The van der Waals surface area contributed by atoms with E-state index >= 15 is 0 Å². The van der Waals surface area contributed by atoms with Crippen LogP contribution in [0.5, 0.6) is 0 Å². The van der Waals surface area contributed by atoms with Gasteiger partial charge < -0.3 is 34.2 Å². The van der Waals surface area contributed by atoms with E-state index in [0.29, 0.717) is 19.3 Å². The highest BCUT2D eigenvalue weighted by atomic mass is 31.2. The highest BCUT2D eigenvalue weighted by Crippen LogP contribution is 2.45. The van der Waals surface area contributed by atoms with Crippen LogP contribution in [0.4, 0.5) is 0 Å². The number of esters is 3. The normalized spacial score (nSPS) is 14.9. The summed E-state index contributed by atoms with van der Waals surface area (Å²) in [6, 6.07) is 0. The SMILES string of the molecule is CC/C=C\C/C=C\C/C=C\C/C=C\C/C=C\C/C=C\CCCCCCCCCCC(=O)OCC(O)COP(=O)(O)OCC(O)COP(=O)(O)OCC(COC(=O)CCCCCCCCCCC/C=C\C/C=C\C/C=C\C/C=C\C/C=C\CC)OC(=O)CCCCC/C=C\C/C=C\C/C=C\C/C=C\C/C=C\CC. The van der Waals surface area contributed by atoms with Crippen molar-refractivity contribution in [1.29, 1.82) is 0 Å². The largest absolute Gasteiger partial charge is 0.472 e. The molecule has 0 rings (SSSR count). The minimum Gasteiger partial charge on any atom is -0.463 e. The Labute approximate surface area is 648 Å². The number of phosphoric acid groups is 2. The van der Waals surface area contributed by atoms with E-state index < -0.39 is 91.5 Å². The first kappa shape index (κ1) is 101. The van der Waals surface area contributed by atoms with Crippen molar-refractivity contribution in [2.24, 2.45) is 0 Å². The third kappa shape index (κ3) is 81.2. The van der Waals surface area contributed by atoms with Crippen molar-refractivity contribution in [3.8, 4) is 0 Å². The van der Waals surface area contributed by atoms with Crippen LogP contribution in [-0.2, 0) is 55.8 Å². The monoisotopic (exact) mass is 1530 g/mol. The van der Waals surface area contributed by atoms with Crippen LogP contribution in [0.25, 0.3) is 0 Å². The van der Waals surface area contributed by atoms with Crippen molar-refractivity contribution in [3.05, 3.63) is 194 Å². The molecule has 0 aliphatic rings. The lowest BCUT2D eigenvalue weighted by Crippen LogP contribution is -2.30. The van der Waals surface area contributed by atoms with Gasteiger partial charge in [-0.15, -0.1) is 0 Å². The summed E-state index contributed by atoms with van der Waals surface area (Å²) in [6.07, 6.45) is 105. The molecule has 0 aromatic heterocycles. The van der Waals surface area contributed by atoms with Crippen LogP contribution in [0, 0.1) is 0 Å². The van der Waals surface area contributed by atoms with Crippen molar-refractivity contribution >= 4 is 33.6 Å². The van der Waals surface area contributed by atoms with Crippen LogP contribution >= 0.6 is 15.6 Å². The van der Waals surface area contributed by atoms with E-state index in [1.807, 2.05) is 0 Å². The molecule has 0 aromatic rings. The van der Waals surface area contributed by atoms with Gasteiger partial charge in [0.05, 0.1) is 26.4 Å². The Morgan fingerprint density at radius 1 is 0.262 bits per heavy atom. The van der Waals surface area contributed by atoms with Crippen LogP contribution in [0.3, 0.4) is 0 Å². The fourth-order valence-electron chi connectivity index (χ4n) is 10.2. The number of unbranched alkanes of at least 4 members (excludes halogenated alkanes) is 20. The van der Waals surface area contributed by atoms with Gasteiger partial charge in [-0.1, -0.05) is 305 Å². The number of carbonyl (C=O) groups is 3. The number of hydrogen-bond acceptors (Lipinski definition) is 14. The molecule has 0 fully saturated rings. The Bertz CT molecular complexity index is 2720. The molecule has 107 heavy (non-hydrogen) atoms. The Hall–Kier alpha value is -5.61. The van der Waals surface area contributed by atoms with Crippen LogP contribution in [0.2, 0.25) is 0 Å². The zero-order chi connectivity index (χ0) is 78.0. The van der Waals surface area contributed by atoms with Crippen LogP contribution < -0.4 is 0 Å². The highest BCUT2D eigenvalue weighted by molar-refractivity contribution is 7.47. The average Bonchev–Trinajstić information content (AvgIpc) is 0.903. The summed E-state index contributed by atoms with van der Waals surface area (Å²) < 4.78 is 61.2. The first-order valence-electron chi connectivity index (χ1n) is 40.7. The van der Waals surface area contributed by atoms with Crippen molar-refractivity contribution in [1.82, 2.24) is 0 Å². The van der Waals surface area contributed by atoms with Gasteiger partial charge in [-0.25, -0.2) is 9.13 Å². The molecule has 0 radical (unpaired) electrons. The lowest BCUT2D eigenvalue weighted by atomic mass is 10.1. The molecule has 0 aromatic carbocycles. The van der Waals surface area contributed by atoms with Crippen LogP contribution in [0.15, 0.2) is 194 Å². The summed E-state index contributed by atoms with van der Waals surface area (Å²) in [5.74, 6) is -1.64. The number of carbonyl (C=O) groups excluding carboxylic acids is 3. The number of hydrogen-bond donors (Lipinski definition) is 4. The summed E-state index contributed by atoms with van der Waals surface area (Å²) >= 11 is 0. The second-order valence-corrected chi connectivity index (χ2v) is 29.3. The summed E-state index contributed by atoms with van der Waals surface area (Å²) in [6.45, 7) is 2.27. The van der Waals surface area contributed by atoms with Gasteiger partial charge in [0.15, 0.2) is 6.10 Å². The first-order valence-corrected chi connectivity index (χ1v) is 43.7. The topological polar surface area (TPSA) is 231 Å². The van der Waals surface area contributed by atoms with E-state index in [-0.39, 0.29) is 19.3 Å². The standard InChI is InChI=1S/C89H144O16P2/c1-4-7-10-13-16-19-22-25-28-31-34-36-38-40-41-43-45-46-49-51-54-57-60-63-66-69-72-75-87(92)99-78-84(90)79-101-106(95,96)102-80-85(91)81-103-107(97,98)104-83-86(105-89(94)77-74-71-68-65-62-59-56-53-48-33-30-27-24-21-18-15-12-9-6-3)82-100-88(93)76-73-70-67-64-61-58-55-52-50-47-44-42-39-37-35-32-29-26-23-20-17-14-11-8-5-2/h7-12,16-21,25-30,34-37,40-42,44-46,48,53,59,62,84-86,90-91H,4-6,13-15,22-24,31-33,38-39,43,47,49-52,54-58,60-61,63-83H2,1-3H3,(H,95,96)(H,97,98)/b10-7-,11-8-,12-9-,19-16-,20-17-,21-18-,28-25-,29-26-,30-27-,36-34-,37-35-,41-40-,44-42-,46-45-,53-48-,62-59-. The minimum atomic E-state index is -4.95. The van der Waals surface area contributed by atoms with E-state index in [4.69, 9.17) is 32.3 Å². The number of allylic oxidation sites excluding steroid dienone is 32. The van der Waals surface area contributed by atoms with E-state index in [0.717, 1.165) is 186 Å². The minimum absolute atomic E-state index is 0.0564. The van der Waals surface area contributed by atoms with E-state index in [2.05, 4.69) is 215 Å². The lowest BCUT2D eigenvalue weighted by molar-refractivity contribution is -0.161. The summed E-state index contributed by atoms with van der Waals surface area (Å²) in [7, 11) is -9.83. The molecule has 5 unspecified atom stereocenters. The van der Waals surface area contributed by atoms with Gasteiger partial charge in [-0.3, -0.25) is 32.5 Å². The van der Waals surface area contributed by atoms with Crippen molar-refractivity contribution < 1.29 is 75.8 Å². The average molecular weight is 1530 g/mol. The molecule has 0 saturated carbocycles. The summed E-state index contributed by atoms with van der Waals surface area (Å²) in [5.41, 5.74) is 0. The van der Waals surface area contributed by atoms with Gasteiger partial charge in [0, 0.05) is 19.3 Å². The predicted molar refractivity (Wildman–Crippen MR) is 444 cm³/mol. The third-order valence-electron chi connectivity index (χ3n) is 16.3. The maximum atomic E-state index is 13.0. The second kappa shape index (κ2) is 79.9. The molecule has 0 aliphatic heterocycles. The van der Waals surface area contributed by atoms with E-state index in [9.17, 15) is 43.5 Å². The highest BCUT2D eigenvalue weighted by Gasteiger charge is 2.29. The lowest BCUT2D eigenvalue weighted by Gasteiger charge is -2.21. The molecule has 0 heterocycles. The Kier molecular flexibility index (Phi) is 75.7. The van der Waals surface area contributed by atoms with Crippen molar-refractivity contribution in [2.45, 2.75) is 309 Å². The molecule has 0 amide bonds. The Morgan fingerprint density at radius 3 is 0.748 bits per heavy atom. The number of rotatable bonds is 75. The molecule has 0 aliphatic carbocycles. The maximum Gasteiger partial charge on any atom is 0.472 e. The zero-order valence-electron chi connectivity index (χ0n) is 66.2. The summed E-state index contributed by atoms with van der Waals surface area (Å²) in [5, 5.41) is 20.7. The number of phosphoric ester groups is 2. The van der Waals surface area contributed by atoms with Crippen molar-refractivity contribution in [2.75, 3.05) is 39.6 Å². The van der Waals surface area contributed by atoms with Gasteiger partial charge in [0.2, 0.25) is 0 Å². The molecule has 18 heteroatoms. The smallest absolute Gasteiger partial charge is 0.463 e. The van der Waals surface area contributed by atoms with Crippen LogP contribution in [-0.4, -0.2) is 95.9 Å². The molecule has 0 bridgehead atoms. The van der Waals surface area contributed by atoms with Gasteiger partial charge >= 0.3 is 33.6 Å².